The highest BCUT2D eigenvalue weighted by atomic mass is 14.2. The molecule has 0 rings (SSSR count). The van der Waals surface area contributed by atoms with Crippen molar-refractivity contribution < 1.29 is 0 Å². The molecular formula is C17H44. The molecule has 0 bridgehead atoms. The lowest BCUT2D eigenvalue weighted by molar-refractivity contribution is 0.302. The smallest absolute Gasteiger partial charge is 0.0380 e. The van der Waals surface area contributed by atoms with E-state index in [1.165, 1.54) is 12.8 Å². The van der Waals surface area contributed by atoms with Gasteiger partial charge < -0.3 is 0 Å². The minimum absolute atomic E-state index is 0.523. The van der Waals surface area contributed by atoms with Gasteiger partial charge in [-0.05, 0) is 17.8 Å². The lowest BCUT2D eigenvalue weighted by Crippen LogP contribution is -2.09. The van der Waals surface area contributed by atoms with Crippen molar-refractivity contribution in [2.45, 2.75) is 103 Å². The second-order valence-corrected chi connectivity index (χ2v) is 4.28. The average Bonchev–Trinajstić information content (AvgIpc) is 2.37. The average molecular weight is 249 g/mol. The third kappa shape index (κ3) is 64.0. The Morgan fingerprint density at radius 2 is 0.941 bits per heavy atom. The normalized spacial score (nSPS) is 9.71. The van der Waals surface area contributed by atoms with Crippen molar-refractivity contribution >= 4 is 0 Å². The van der Waals surface area contributed by atoms with Crippen LogP contribution in [0.5, 0.6) is 0 Å². The van der Waals surface area contributed by atoms with Gasteiger partial charge in [-0.1, -0.05) is 96.4 Å². The first-order valence-electron chi connectivity index (χ1n) is 7.95. The first-order chi connectivity index (χ1) is 7.95. The Labute approximate surface area is 115 Å². The van der Waals surface area contributed by atoms with Crippen molar-refractivity contribution in [3.05, 3.63) is 0 Å². The Morgan fingerprint density at radius 3 is 1.00 bits per heavy atom. The molecule has 0 aromatic carbocycles. The first kappa shape index (κ1) is 30.2. The molecule has 0 fully saturated rings. The largest absolute Gasteiger partial charge is 0.0683 e. The summed E-state index contributed by atoms with van der Waals surface area (Å²) in [4.78, 5) is 0. The van der Waals surface area contributed by atoms with Crippen LogP contribution in [0.1, 0.15) is 103 Å². The maximum atomic E-state index is 2.32. The molecule has 112 valence electrons. The second-order valence-electron chi connectivity index (χ2n) is 4.28. The monoisotopic (exact) mass is 248 g/mol. The SMILES string of the molecule is CC.CC.CC.CC.CCC(C)CC(C)(C)C. The summed E-state index contributed by atoms with van der Waals surface area (Å²) < 4.78 is 0. The quantitative estimate of drug-likeness (QED) is 0.472. The minimum atomic E-state index is 0.523. The lowest BCUT2D eigenvalue weighted by Gasteiger charge is -2.21. The van der Waals surface area contributed by atoms with E-state index in [9.17, 15) is 0 Å². The molecule has 0 radical (unpaired) electrons. The number of hydrogen-bond donors (Lipinski definition) is 0. The summed E-state index contributed by atoms with van der Waals surface area (Å²) in [6.07, 6.45) is 2.67. The zero-order chi connectivity index (χ0) is 15.5. The second kappa shape index (κ2) is 29.8. The van der Waals surface area contributed by atoms with Crippen molar-refractivity contribution in [3.8, 4) is 0 Å². The minimum Gasteiger partial charge on any atom is -0.0683 e. The van der Waals surface area contributed by atoms with Gasteiger partial charge in [0.1, 0.15) is 0 Å². The van der Waals surface area contributed by atoms with Crippen LogP contribution in [0.4, 0.5) is 0 Å². The Kier molecular flexibility index (Phi) is 52.9. The summed E-state index contributed by atoms with van der Waals surface area (Å²) >= 11 is 0. The van der Waals surface area contributed by atoms with Gasteiger partial charge in [0.25, 0.3) is 0 Å². The Morgan fingerprint density at radius 1 is 0.706 bits per heavy atom. The fourth-order valence-corrected chi connectivity index (χ4v) is 1.19. The maximum Gasteiger partial charge on any atom is -0.0380 e. The van der Waals surface area contributed by atoms with Crippen LogP contribution in [-0.4, -0.2) is 0 Å². The topological polar surface area (TPSA) is 0 Å². The molecule has 0 saturated carbocycles. The molecule has 0 amide bonds. The summed E-state index contributed by atoms with van der Waals surface area (Å²) in [5, 5.41) is 0. The summed E-state index contributed by atoms with van der Waals surface area (Å²) in [7, 11) is 0. The van der Waals surface area contributed by atoms with Crippen LogP contribution in [0.3, 0.4) is 0 Å². The van der Waals surface area contributed by atoms with E-state index < -0.39 is 0 Å². The first-order valence-corrected chi connectivity index (χ1v) is 7.95. The fraction of sp³-hybridized carbons (Fsp3) is 1.00. The molecule has 0 nitrogen and oxygen atoms in total. The molecule has 1 atom stereocenters. The van der Waals surface area contributed by atoms with Gasteiger partial charge in [0, 0.05) is 0 Å². The van der Waals surface area contributed by atoms with Crippen molar-refractivity contribution in [2.75, 3.05) is 0 Å². The van der Waals surface area contributed by atoms with Crippen LogP contribution in [-0.2, 0) is 0 Å². The Balaban J connectivity index is -0.0000000507. The molecule has 0 saturated heterocycles. The fourth-order valence-electron chi connectivity index (χ4n) is 1.19. The molecule has 0 aliphatic heterocycles. The molecule has 1 unspecified atom stereocenters. The predicted molar refractivity (Wildman–Crippen MR) is 88.9 cm³/mol. The predicted octanol–water partition coefficient (Wildman–Crippen LogP) is 7.57. The highest BCUT2D eigenvalue weighted by Gasteiger charge is 2.13. The maximum absolute atomic E-state index is 2.32. The van der Waals surface area contributed by atoms with Crippen LogP contribution in [0.2, 0.25) is 0 Å². The molecule has 0 spiro atoms. The molecule has 0 heteroatoms. The van der Waals surface area contributed by atoms with Gasteiger partial charge in [-0.25, -0.2) is 0 Å². The van der Waals surface area contributed by atoms with Crippen LogP contribution < -0.4 is 0 Å². The Hall–Kier alpha value is 0. The van der Waals surface area contributed by atoms with Gasteiger partial charge in [-0.3, -0.25) is 0 Å². The molecule has 0 aromatic rings. The molecule has 0 aliphatic rings. The summed E-state index contributed by atoms with van der Waals surface area (Å²) in [5.41, 5.74) is 0.523. The highest BCUT2D eigenvalue weighted by molar-refractivity contribution is 4.64. The highest BCUT2D eigenvalue weighted by Crippen LogP contribution is 2.25. The van der Waals surface area contributed by atoms with Gasteiger partial charge >= 0.3 is 0 Å². The third-order valence-corrected chi connectivity index (χ3v) is 1.66. The van der Waals surface area contributed by atoms with Crippen LogP contribution in [0.25, 0.3) is 0 Å². The molecule has 0 N–H and O–H groups in total. The van der Waals surface area contributed by atoms with Gasteiger partial charge in [-0.2, -0.15) is 0 Å². The lowest BCUT2D eigenvalue weighted by atomic mass is 9.84. The molecule has 0 aliphatic carbocycles. The Bertz CT molecular complexity index is 66.6. The standard InChI is InChI=1S/C9H20.4C2H6/c1-6-8(2)7-9(3,4)5;4*1-2/h8H,6-7H2,1-5H3;4*1-2H3. The van der Waals surface area contributed by atoms with E-state index in [0.29, 0.717) is 5.41 Å². The molecule has 17 heavy (non-hydrogen) atoms. The molecule has 0 heterocycles. The third-order valence-electron chi connectivity index (χ3n) is 1.66. The molecular weight excluding hydrogens is 204 g/mol. The summed E-state index contributed by atoms with van der Waals surface area (Å²) in [5.74, 6) is 0.894. The number of rotatable bonds is 2. The van der Waals surface area contributed by atoms with Gasteiger partial charge in [0.05, 0.1) is 0 Å². The zero-order valence-electron chi connectivity index (χ0n) is 15.5. The summed E-state index contributed by atoms with van der Waals surface area (Å²) in [6.45, 7) is 27.5. The van der Waals surface area contributed by atoms with Crippen LogP contribution in [0, 0.1) is 11.3 Å². The van der Waals surface area contributed by atoms with E-state index in [1.807, 2.05) is 55.4 Å². The van der Waals surface area contributed by atoms with Crippen LogP contribution in [0.15, 0.2) is 0 Å². The van der Waals surface area contributed by atoms with E-state index in [1.54, 1.807) is 0 Å². The van der Waals surface area contributed by atoms with Gasteiger partial charge in [0.2, 0.25) is 0 Å². The van der Waals surface area contributed by atoms with E-state index in [4.69, 9.17) is 0 Å². The van der Waals surface area contributed by atoms with E-state index in [-0.39, 0.29) is 0 Å². The van der Waals surface area contributed by atoms with Gasteiger partial charge in [-0.15, -0.1) is 0 Å². The van der Waals surface area contributed by atoms with Gasteiger partial charge in [0.15, 0.2) is 0 Å². The van der Waals surface area contributed by atoms with Crippen molar-refractivity contribution in [2.24, 2.45) is 11.3 Å². The number of hydrogen-bond acceptors (Lipinski definition) is 0. The van der Waals surface area contributed by atoms with E-state index in [2.05, 4.69) is 34.6 Å². The van der Waals surface area contributed by atoms with E-state index >= 15 is 0 Å². The van der Waals surface area contributed by atoms with Crippen LogP contribution >= 0.6 is 0 Å². The van der Waals surface area contributed by atoms with E-state index in [0.717, 1.165) is 5.92 Å². The zero-order valence-corrected chi connectivity index (χ0v) is 15.5. The van der Waals surface area contributed by atoms with Crippen molar-refractivity contribution in [3.63, 3.8) is 0 Å². The summed E-state index contributed by atoms with van der Waals surface area (Å²) in [6, 6.07) is 0. The molecule has 0 aromatic heterocycles. The van der Waals surface area contributed by atoms with Crippen molar-refractivity contribution in [1.29, 1.82) is 0 Å². The van der Waals surface area contributed by atoms with Crippen molar-refractivity contribution in [1.82, 2.24) is 0 Å².